The molecular formula is C9H17N5O3S. The van der Waals surface area contributed by atoms with Gasteiger partial charge in [-0.1, -0.05) is 18.5 Å². The van der Waals surface area contributed by atoms with Crippen molar-refractivity contribution < 1.29 is 13.6 Å². The number of amidine groups is 1. The van der Waals surface area contributed by atoms with E-state index in [1.807, 2.05) is 6.92 Å². The molecule has 102 valence electrons. The third-order valence-electron chi connectivity index (χ3n) is 2.40. The molecule has 1 unspecified atom stereocenters. The summed E-state index contributed by atoms with van der Waals surface area (Å²) in [5.74, 6) is -0.164. The minimum atomic E-state index is -3.75. The molecule has 0 aliphatic carbocycles. The Morgan fingerprint density at radius 2 is 2.39 bits per heavy atom. The number of aryl methyl sites for hydroxylation is 1. The van der Waals surface area contributed by atoms with Crippen LogP contribution in [0, 0.1) is 0 Å². The van der Waals surface area contributed by atoms with Gasteiger partial charge < -0.3 is 10.9 Å². The molecule has 0 amide bonds. The van der Waals surface area contributed by atoms with Crippen LogP contribution in [0.3, 0.4) is 0 Å². The van der Waals surface area contributed by atoms with E-state index in [-0.39, 0.29) is 10.9 Å². The van der Waals surface area contributed by atoms with Gasteiger partial charge in [0.2, 0.25) is 0 Å². The van der Waals surface area contributed by atoms with Crippen molar-refractivity contribution in [2.75, 3.05) is 0 Å². The van der Waals surface area contributed by atoms with Gasteiger partial charge in [-0.2, -0.15) is 9.82 Å². The molecule has 8 nitrogen and oxygen atoms in total. The minimum Gasteiger partial charge on any atom is -0.409 e. The lowest BCUT2D eigenvalue weighted by Crippen LogP contribution is -2.44. The molecule has 0 bridgehead atoms. The smallest absolute Gasteiger partial charge is 0.258 e. The minimum absolute atomic E-state index is 0.0225. The quantitative estimate of drug-likeness (QED) is 0.282. The van der Waals surface area contributed by atoms with E-state index in [2.05, 4.69) is 15.0 Å². The highest BCUT2D eigenvalue weighted by Gasteiger charge is 2.24. The van der Waals surface area contributed by atoms with E-state index in [4.69, 9.17) is 10.9 Å². The van der Waals surface area contributed by atoms with Crippen molar-refractivity contribution in [2.45, 2.75) is 30.8 Å². The summed E-state index contributed by atoms with van der Waals surface area (Å²) in [6, 6.07) is 0.636. The molecule has 0 radical (unpaired) electrons. The van der Waals surface area contributed by atoms with Crippen molar-refractivity contribution in [2.24, 2.45) is 17.9 Å². The first-order chi connectivity index (χ1) is 8.42. The lowest BCUT2D eigenvalue weighted by molar-refractivity contribution is 0.315. The van der Waals surface area contributed by atoms with Crippen LogP contribution in [0.15, 0.2) is 22.4 Å². The van der Waals surface area contributed by atoms with E-state index in [0.717, 1.165) is 0 Å². The van der Waals surface area contributed by atoms with Crippen LogP contribution in [0.1, 0.15) is 19.8 Å². The van der Waals surface area contributed by atoms with Gasteiger partial charge in [-0.05, 0) is 12.5 Å². The molecule has 0 spiro atoms. The molecule has 0 aromatic carbocycles. The van der Waals surface area contributed by atoms with Crippen molar-refractivity contribution in [3.8, 4) is 0 Å². The third kappa shape index (κ3) is 3.20. The first-order valence-corrected chi connectivity index (χ1v) is 6.88. The summed E-state index contributed by atoms with van der Waals surface area (Å²) in [6.07, 6.45) is 2.51. The van der Waals surface area contributed by atoms with Crippen molar-refractivity contribution in [3.05, 3.63) is 12.3 Å². The van der Waals surface area contributed by atoms with E-state index in [9.17, 15) is 8.42 Å². The average Bonchev–Trinajstić information content (AvgIpc) is 2.74. The number of rotatable bonds is 6. The molecule has 1 aromatic rings. The van der Waals surface area contributed by atoms with Gasteiger partial charge in [-0.3, -0.25) is 4.68 Å². The van der Waals surface area contributed by atoms with Gasteiger partial charge >= 0.3 is 0 Å². The zero-order chi connectivity index (χ0) is 13.8. The highest BCUT2D eigenvalue weighted by molar-refractivity contribution is 7.89. The predicted molar refractivity (Wildman–Crippen MR) is 65.6 cm³/mol. The molecule has 1 aromatic heterocycles. The number of oxime groups is 1. The van der Waals surface area contributed by atoms with E-state index in [0.29, 0.717) is 12.8 Å². The van der Waals surface area contributed by atoms with E-state index < -0.39 is 16.1 Å². The Morgan fingerprint density at radius 3 is 2.83 bits per heavy atom. The summed E-state index contributed by atoms with van der Waals surface area (Å²) in [4.78, 5) is 0. The molecule has 0 saturated carbocycles. The molecule has 1 heterocycles. The Kier molecular flexibility index (Phi) is 4.68. The molecule has 9 heteroatoms. The molecule has 4 N–H and O–H groups in total. The fourth-order valence-corrected chi connectivity index (χ4v) is 2.87. The zero-order valence-electron chi connectivity index (χ0n) is 10.2. The highest BCUT2D eigenvalue weighted by atomic mass is 32.2. The van der Waals surface area contributed by atoms with Crippen LogP contribution in [0.25, 0.3) is 0 Å². The normalized spacial score (nSPS) is 14.7. The number of aromatic nitrogens is 2. The summed E-state index contributed by atoms with van der Waals surface area (Å²) in [6.45, 7) is 1.87. The molecule has 1 atom stereocenters. The zero-order valence-corrected chi connectivity index (χ0v) is 11.1. The van der Waals surface area contributed by atoms with Crippen molar-refractivity contribution in [1.82, 2.24) is 14.5 Å². The number of nitrogens with one attached hydrogen (secondary N) is 1. The largest absolute Gasteiger partial charge is 0.409 e. The maximum atomic E-state index is 12.1. The maximum Gasteiger partial charge on any atom is 0.258 e. The Hall–Kier alpha value is -1.61. The van der Waals surface area contributed by atoms with Crippen LogP contribution >= 0.6 is 0 Å². The molecule has 0 saturated heterocycles. The van der Waals surface area contributed by atoms with Crippen LogP contribution in [-0.2, 0) is 17.1 Å². The second-order valence-corrected chi connectivity index (χ2v) is 5.44. The molecule has 0 aliphatic heterocycles. The first kappa shape index (κ1) is 14.5. The summed E-state index contributed by atoms with van der Waals surface area (Å²) >= 11 is 0. The fraction of sp³-hybridized carbons (Fsp3) is 0.556. The second-order valence-electron chi connectivity index (χ2n) is 3.78. The highest BCUT2D eigenvalue weighted by Crippen LogP contribution is 2.09. The fourth-order valence-electron chi connectivity index (χ4n) is 1.50. The standard InChI is InChI=1S/C9H17N5O3S/c1-3-4-7(9(10)12-15)13-18(16,17)8-5-6-11-14(8)2/h5-7,13,15H,3-4H2,1-2H3,(H2,10,12). The Labute approximate surface area is 106 Å². The first-order valence-electron chi connectivity index (χ1n) is 5.40. The van der Waals surface area contributed by atoms with Crippen molar-refractivity contribution >= 4 is 15.9 Å². The van der Waals surface area contributed by atoms with Crippen LogP contribution in [0.5, 0.6) is 0 Å². The lowest BCUT2D eigenvalue weighted by Gasteiger charge is -2.16. The van der Waals surface area contributed by atoms with Crippen LogP contribution in [0.4, 0.5) is 0 Å². The van der Waals surface area contributed by atoms with Gasteiger partial charge in [-0.15, -0.1) is 0 Å². The number of sulfonamides is 1. The summed E-state index contributed by atoms with van der Waals surface area (Å²) in [5, 5.41) is 15.3. The lowest BCUT2D eigenvalue weighted by atomic mass is 10.2. The van der Waals surface area contributed by atoms with Gasteiger partial charge in [0.15, 0.2) is 10.9 Å². The van der Waals surface area contributed by atoms with E-state index in [1.165, 1.54) is 24.0 Å². The van der Waals surface area contributed by atoms with Gasteiger partial charge in [0.25, 0.3) is 10.0 Å². The number of nitrogens with two attached hydrogens (primary N) is 1. The van der Waals surface area contributed by atoms with Crippen LogP contribution < -0.4 is 10.5 Å². The third-order valence-corrected chi connectivity index (χ3v) is 3.94. The molecule has 0 fully saturated rings. The Morgan fingerprint density at radius 1 is 1.72 bits per heavy atom. The van der Waals surface area contributed by atoms with Crippen molar-refractivity contribution in [1.29, 1.82) is 0 Å². The van der Waals surface area contributed by atoms with E-state index >= 15 is 0 Å². The molecular weight excluding hydrogens is 258 g/mol. The molecule has 0 aliphatic rings. The van der Waals surface area contributed by atoms with Gasteiger partial charge in [-0.25, -0.2) is 8.42 Å². The number of hydrogen-bond donors (Lipinski definition) is 3. The van der Waals surface area contributed by atoms with Gasteiger partial charge in [0, 0.05) is 7.05 Å². The summed E-state index contributed by atoms with van der Waals surface area (Å²) in [5.41, 5.74) is 5.45. The van der Waals surface area contributed by atoms with Crippen molar-refractivity contribution in [3.63, 3.8) is 0 Å². The second kappa shape index (κ2) is 5.83. The average molecular weight is 275 g/mol. The number of hydrogen-bond acceptors (Lipinski definition) is 5. The Balaban J connectivity index is 2.97. The van der Waals surface area contributed by atoms with Gasteiger partial charge in [0.1, 0.15) is 0 Å². The summed E-state index contributed by atoms with van der Waals surface area (Å²) in [7, 11) is -2.22. The number of nitrogens with zero attached hydrogens (tertiary/aromatic N) is 3. The summed E-state index contributed by atoms with van der Waals surface area (Å²) < 4.78 is 27.7. The van der Waals surface area contributed by atoms with E-state index in [1.54, 1.807) is 0 Å². The van der Waals surface area contributed by atoms with Crippen LogP contribution in [0.2, 0.25) is 0 Å². The maximum absolute atomic E-state index is 12.1. The van der Waals surface area contributed by atoms with Crippen LogP contribution in [-0.4, -0.2) is 35.3 Å². The van der Waals surface area contributed by atoms with Gasteiger partial charge in [0.05, 0.1) is 12.2 Å². The monoisotopic (exact) mass is 275 g/mol. The molecule has 1 rings (SSSR count). The Bertz CT molecular complexity index is 522. The molecule has 18 heavy (non-hydrogen) atoms. The SMILES string of the molecule is CCCC(NS(=O)(=O)c1ccnn1C)C(N)=NO. The topological polar surface area (TPSA) is 123 Å². The predicted octanol–water partition coefficient (Wildman–Crippen LogP) is -0.386.